The summed E-state index contributed by atoms with van der Waals surface area (Å²) in [6, 6.07) is 8.67. The highest BCUT2D eigenvalue weighted by atomic mass is 35.5. The molecule has 0 aliphatic carbocycles. The summed E-state index contributed by atoms with van der Waals surface area (Å²) in [4.78, 5) is 0. The molecule has 2 aromatic rings. The monoisotopic (exact) mass is 310 g/mol. The topological polar surface area (TPSA) is 26.2 Å². The number of nitrogens with one attached hydrogen (secondary N) is 1. The average Bonchev–Trinajstić information content (AvgIpc) is 2.82. The molecule has 21 heavy (non-hydrogen) atoms. The van der Waals surface area contributed by atoms with Crippen LogP contribution in [0.4, 0.5) is 0 Å². The van der Waals surface area contributed by atoms with Gasteiger partial charge >= 0.3 is 0 Å². The van der Waals surface area contributed by atoms with Gasteiger partial charge in [0.05, 0.1) is 0 Å². The SMILES string of the molecule is CCCn1cc(CNCCCOCC)c2ccccc21.Cl. The zero-order valence-electron chi connectivity index (χ0n) is 13.1. The molecule has 0 aliphatic rings. The maximum absolute atomic E-state index is 5.35. The molecular formula is C17H27ClN2O. The average molecular weight is 311 g/mol. The normalized spacial score (nSPS) is 10.8. The van der Waals surface area contributed by atoms with Crippen LogP contribution in [0.15, 0.2) is 30.5 Å². The third-order valence-electron chi connectivity index (χ3n) is 3.50. The van der Waals surface area contributed by atoms with Crippen molar-refractivity contribution in [1.29, 1.82) is 0 Å². The van der Waals surface area contributed by atoms with Crippen LogP contribution in [0.2, 0.25) is 0 Å². The molecule has 0 unspecified atom stereocenters. The highest BCUT2D eigenvalue weighted by molar-refractivity contribution is 5.85. The minimum atomic E-state index is 0. The van der Waals surface area contributed by atoms with Gasteiger partial charge in [-0.05, 0) is 37.9 Å². The standard InChI is InChI=1S/C17H26N2O.ClH/c1-3-11-19-14-15(13-18-10-7-12-20-4-2)16-8-5-6-9-17(16)19;/h5-6,8-9,14,18H,3-4,7,10-13H2,1-2H3;1H. The Hall–Kier alpha value is -1.03. The van der Waals surface area contributed by atoms with Gasteiger partial charge in [-0.15, -0.1) is 12.4 Å². The maximum atomic E-state index is 5.35. The Bertz CT molecular complexity index is 524. The van der Waals surface area contributed by atoms with Crippen molar-refractivity contribution in [3.05, 3.63) is 36.0 Å². The predicted molar refractivity (Wildman–Crippen MR) is 92.3 cm³/mol. The second kappa shape index (κ2) is 9.82. The Morgan fingerprint density at radius 1 is 1.19 bits per heavy atom. The van der Waals surface area contributed by atoms with Crippen molar-refractivity contribution in [2.75, 3.05) is 19.8 Å². The Morgan fingerprint density at radius 2 is 2.00 bits per heavy atom. The van der Waals surface area contributed by atoms with Crippen LogP contribution in [0.1, 0.15) is 32.3 Å². The van der Waals surface area contributed by atoms with Crippen molar-refractivity contribution in [2.24, 2.45) is 0 Å². The first-order valence-corrected chi connectivity index (χ1v) is 7.72. The van der Waals surface area contributed by atoms with Crippen LogP contribution in [0.5, 0.6) is 0 Å². The lowest BCUT2D eigenvalue weighted by Gasteiger charge is -2.04. The number of para-hydroxylation sites is 1. The van der Waals surface area contributed by atoms with Gasteiger partial charge in [-0.3, -0.25) is 0 Å². The highest BCUT2D eigenvalue weighted by Gasteiger charge is 2.06. The van der Waals surface area contributed by atoms with Crippen LogP contribution < -0.4 is 5.32 Å². The van der Waals surface area contributed by atoms with Crippen molar-refractivity contribution in [3.8, 4) is 0 Å². The molecule has 0 bridgehead atoms. The quantitative estimate of drug-likeness (QED) is 0.709. The summed E-state index contributed by atoms with van der Waals surface area (Å²) < 4.78 is 7.72. The molecule has 1 N–H and O–H groups in total. The minimum absolute atomic E-state index is 0. The van der Waals surface area contributed by atoms with E-state index in [1.54, 1.807) is 0 Å². The molecule has 0 aliphatic heterocycles. The number of hydrogen-bond acceptors (Lipinski definition) is 2. The molecule has 1 heterocycles. The molecule has 2 rings (SSSR count). The zero-order chi connectivity index (χ0) is 14.2. The number of benzene rings is 1. The fraction of sp³-hybridized carbons (Fsp3) is 0.529. The van der Waals surface area contributed by atoms with Gasteiger partial charge in [-0.25, -0.2) is 0 Å². The molecule has 4 heteroatoms. The van der Waals surface area contributed by atoms with Crippen LogP contribution in [0, 0.1) is 0 Å². The van der Waals surface area contributed by atoms with Crippen LogP contribution in [0.25, 0.3) is 10.9 Å². The lowest BCUT2D eigenvalue weighted by atomic mass is 10.2. The van der Waals surface area contributed by atoms with Crippen LogP contribution in [-0.4, -0.2) is 24.3 Å². The molecule has 0 amide bonds. The third kappa shape index (κ3) is 5.03. The largest absolute Gasteiger partial charge is 0.382 e. The summed E-state index contributed by atoms with van der Waals surface area (Å²) >= 11 is 0. The zero-order valence-corrected chi connectivity index (χ0v) is 13.9. The van der Waals surface area contributed by atoms with E-state index in [0.29, 0.717) is 0 Å². The van der Waals surface area contributed by atoms with Crippen LogP contribution in [0.3, 0.4) is 0 Å². The number of rotatable bonds is 9. The molecule has 118 valence electrons. The van der Waals surface area contributed by atoms with E-state index >= 15 is 0 Å². The summed E-state index contributed by atoms with van der Waals surface area (Å²) in [6.07, 6.45) is 4.53. The maximum Gasteiger partial charge on any atom is 0.0483 e. The third-order valence-corrected chi connectivity index (χ3v) is 3.50. The van der Waals surface area contributed by atoms with E-state index in [0.717, 1.165) is 39.3 Å². The number of hydrogen-bond donors (Lipinski definition) is 1. The second-order valence-corrected chi connectivity index (χ2v) is 5.09. The van der Waals surface area contributed by atoms with Gasteiger partial charge in [0.15, 0.2) is 0 Å². The Balaban J connectivity index is 0.00000220. The number of aromatic nitrogens is 1. The molecule has 0 radical (unpaired) electrons. The van der Waals surface area contributed by atoms with Gasteiger partial charge in [-0.2, -0.15) is 0 Å². The first kappa shape index (κ1) is 18.0. The van der Waals surface area contributed by atoms with Crippen LogP contribution >= 0.6 is 12.4 Å². The molecule has 0 saturated heterocycles. The fourth-order valence-electron chi connectivity index (χ4n) is 2.56. The molecule has 1 aromatic heterocycles. The van der Waals surface area contributed by atoms with E-state index in [9.17, 15) is 0 Å². The van der Waals surface area contributed by atoms with Gasteiger partial charge < -0.3 is 14.6 Å². The number of nitrogens with zero attached hydrogens (tertiary/aromatic N) is 1. The minimum Gasteiger partial charge on any atom is -0.382 e. The molecule has 0 saturated carbocycles. The Labute approximate surface area is 134 Å². The first-order chi connectivity index (χ1) is 9.86. The predicted octanol–water partition coefficient (Wildman–Crippen LogP) is 3.99. The summed E-state index contributed by atoms with van der Waals surface area (Å²) in [5.74, 6) is 0. The molecule has 0 spiro atoms. The number of fused-ring (bicyclic) bond motifs is 1. The van der Waals surface area contributed by atoms with Crippen molar-refractivity contribution in [3.63, 3.8) is 0 Å². The lowest BCUT2D eigenvalue weighted by molar-refractivity contribution is 0.144. The lowest BCUT2D eigenvalue weighted by Crippen LogP contribution is -2.16. The smallest absolute Gasteiger partial charge is 0.0483 e. The van der Waals surface area contributed by atoms with Gasteiger partial charge in [0.2, 0.25) is 0 Å². The van der Waals surface area contributed by atoms with Gasteiger partial charge in [0.25, 0.3) is 0 Å². The Kier molecular flexibility index (Phi) is 8.43. The van der Waals surface area contributed by atoms with E-state index in [2.05, 4.69) is 47.3 Å². The van der Waals surface area contributed by atoms with Crippen molar-refractivity contribution in [2.45, 2.75) is 39.8 Å². The van der Waals surface area contributed by atoms with E-state index in [4.69, 9.17) is 4.74 Å². The molecule has 3 nitrogen and oxygen atoms in total. The van der Waals surface area contributed by atoms with E-state index < -0.39 is 0 Å². The van der Waals surface area contributed by atoms with Gasteiger partial charge in [0, 0.05) is 43.4 Å². The van der Waals surface area contributed by atoms with Crippen molar-refractivity contribution < 1.29 is 4.74 Å². The Morgan fingerprint density at radius 3 is 2.76 bits per heavy atom. The molecular weight excluding hydrogens is 284 g/mol. The molecule has 1 aromatic carbocycles. The number of aryl methyl sites for hydroxylation is 1. The van der Waals surface area contributed by atoms with Crippen LogP contribution in [-0.2, 0) is 17.8 Å². The van der Waals surface area contributed by atoms with Gasteiger partial charge in [0.1, 0.15) is 0 Å². The summed E-state index contributed by atoms with van der Waals surface area (Å²) in [6.45, 7) is 8.95. The fourth-order valence-corrected chi connectivity index (χ4v) is 2.56. The molecule has 0 atom stereocenters. The summed E-state index contributed by atoms with van der Waals surface area (Å²) in [5.41, 5.74) is 2.74. The van der Waals surface area contributed by atoms with Crippen molar-refractivity contribution in [1.82, 2.24) is 9.88 Å². The highest BCUT2D eigenvalue weighted by Crippen LogP contribution is 2.21. The van der Waals surface area contributed by atoms with E-state index in [-0.39, 0.29) is 12.4 Å². The summed E-state index contributed by atoms with van der Waals surface area (Å²) in [7, 11) is 0. The second-order valence-electron chi connectivity index (χ2n) is 5.09. The summed E-state index contributed by atoms with van der Waals surface area (Å²) in [5, 5.41) is 4.89. The molecule has 0 fully saturated rings. The van der Waals surface area contributed by atoms with E-state index in [1.807, 2.05) is 6.92 Å². The van der Waals surface area contributed by atoms with Gasteiger partial charge in [-0.1, -0.05) is 25.1 Å². The number of ether oxygens (including phenoxy) is 1. The number of halogens is 1. The first-order valence-electron chi connectivity index (χ1n) is 7.72. The van der Waals surface area contributed by atoms with E-state index in [1.165, 1.54) is 22.9 Å². The van der Waals surface area contributed by atoms with Crippen molar-refractivity contribution >= 4 is 23.3 Å².